The molecular formula is C27H23NO3. The summed E-state index contributed by atoms with van der Waals surface area (Å²) in [6.45, 7) is 11.0. The minimum atomic E-state index is -0.333. The van der Waals surface area contributed by atoms with Crippen LogP contribution in [0.15, 0.2) is 121 Å². The van der Waals surface area contributed by atoms with Gasteiger partial charge < -0.3 is 4.74 Å². The van der Waals surface area contributed by atoms with E-state index in [4.69, 9.17) is 4.74 Å². The molecule has 0 aromatic heterocycles. The molecule has 3 rings (SSSR count). The summed E-state index contributed by atoms with van der Waals surface area (Å²) in [7, 11) is 1.60. The molecule has 2 aromatic carbocycles. The molecule has 1 aliphatic rings. The van der Waals surface area contributed by atoms with Crippen LogP contribution in [0.5, 0.6) is 0 Å². The summed E-state index contributed by atoms with van der Waals surface area (Å²) in [5.74, 6) is -0.0650. The van der Waals surface area contributed by atoms with Gasteiger partial charge >= 0.3 is 0 Å². The Kier molecular flexibility index (Phi) is 6.63. The molecule has 0 saturated heterocycles. The van der Waals surface area contributed by atoms with Crippen molar-refractivity contribution in [3.8, 4) is 0 Å². The maximum absolute atomic E-state index is 12.6. The fourth-order valence-electron chi connectivity index (χ4n) is 3.38. The number of carbonyl (C=O) groups is 2. The Balaban J connectivity index is 1.99. The summed E-state index contributed by atoms with van der Waals surface area (Å²) >= 11 is 0. The zero-order valence-corrected chi connectivity index (χ0v) is 17.4. The topological polar surface area (TPSA) is 46.6 Å². The largest absolute Gasteiger partial charge is 0.482 e. The van der Waals surface area contributed by atoms with Gasteiger partial charge in [0.2, 0.25) is 0 Å². The summed E-state index contributed by atoms with van der Waals surface area (Å²) in [6, 6.07) is 17.3. The smallest absolute Gasteiger partial charge is 0.198 e. The Morgan fingerprint density at radius 1 is 0.839 bits per heavy atom. The van der Waals surface area contributed by atoms with E-state index in [0.717, 1.165) is 16.9 Å². The first-order valence-electron chi connectivity index (χ1n) is 9.67. The standard InChI is InChI=1S/C27H23NO3/c1-5-11-25(31-4)28(20-12-9-8-10-13-20)21-16-14-19(15-17-21)18-24-26(29)22(6-2)23(7-3)27(24)30/h5-18H,1-3H2,4H3/b25-11-. The molecule has 4 heteroatoms. The number of para-hydroxylation sites is 1. The molecule has 154 valence electrons. The van der Waals surface area contributed by atoms with Crippen molar-refractivity contribution < 1.29 is 14.3 Å². The number of Topliss-reactive ketones (excluding diaryl/α,β-unsaturated/α-hetero) is 2. The van der Waals surface area contributed by atoms with Gasteiger partial charge in [0.25, 0.3) is 0 Å². The molecule has 0 fully saturated rings. The maximum atomic E-state index is 12.6. The normalized spacial score (nSPS) is 13.8. The van der Waals surface area contributed by atoms with Crippen LogP contribution in [0.4, 0.5) is 11.4 Å². The number of allylic oxidation sites excluding steroid dienone is 7. The molecule has 4 nitrogen and oxygen atoms in total. The lowest BCUT2D eigenvalue weighted by atomic mass is 10.0. The second-order valence-corrected chi connectivity index (χ2v) is 6.66. The highest BCUT2D eigenvalue weighted by molar-refractivity contribution is 6.41. The van der Waals surface area contributed by atoms with Crippen LogP contribution >= 0.6 is 0 Å². The Morgan fingerprint density at radius 3 is 1.87 bits per heavy atom. The van der Waals surface area contributed by atoms with Gasteiger partial charge in [0, 0.05) is 22.5 Å². The van der Waals surface area contributed by atoms with Crippen LogP contribution in [-0.2, 0) is 14.3 Å². The third-order valence-corrected chi connectivity index (χ3v) is 4.84. The number of ketones is 2. The van der Waals surface area contributed by atoms with Crippen molar-refractivity contribution in [2.75, 3.05) is 12.0 Å². The van der Waals surface area contributed by atoms with Crippen LogP contribution in [0, 0.1) is 0 Å². The maximum Gasteiger partial charge on any atom is 0.198 e. The molecule has 0 N–H and O–H groups in total. The van der Waals surface area contributed by atoms with Crippen molar-refractivity contribution >= 4 is 29.0 Å². The molecule has 0 amide bonds. The highest BCUT2D eigenvalue weighted by Gasteiger charge is 2.32. The summed E-state index contributed by atoms with van der Waals surface area (Å²) < 4.78 is 5.57. The van der Waals surface area contributed by atoms with Crippen LogP contribution < -0.4 is 4.90 Å². The number of carbonyl (C=O) groups excluding carboxylic acids is 2. The van der Waals surface area contributed by atoms with E-state index in [1.165, 1.54) is 12.2 Å². The van der Waals surface area contributed by atoms with E-state index in [-0.39, 0.29) is 28.3 Å². The molecule has 0 aliphatic heterocycles. The first-order chi connectivity index (χ1) is 15.0. The quantitative estimate of drug-likeness (QED) is 0.243. The van der Waals surface area contributed by atoms with Gasteiger partial charge in [-0.05, 0) is 42.0 Å². The third kappa shape index (κ3) is 4.23. The summed E-state index contributed by atoms with van der Waals surface area (Å²) in [4.78, 5) is 27.1. The lowest BCUT2D eigenvalue weighted by molar-refractivity contribution is -0.115. The summed E-state index contributed by atoms with van der Waals surface area (Å²) in [6.07, 6.45) is 7.83. The van der Waals surface area contributed by atoms with Gasteiger partial charge in [0.05, 0.1) is 12.7 Å². The van der Waals surface area contributed by atoms with Gasteiger partial charge in [-0.15, -0.1) is 0 Å². The average molecular weight is 409 g/mol. The van der Waals surface area contributed by atoms with Crippen LogP contribution in [0.1, 0.15) is 5.56 Å². The Bertz CT molecular complexity index is 1100. The predicted octanol–water partition coefficient (Wildman–Crippen LogP) is 5.70. The van der Waals surface area contributed by atoms with E-state index in [2.05, 4.69) is 19.7 Å². The zero-order chi connectivity index (χ0) is 22.4. The van der Waals surface area contributed by atoms with E-state index in [1.807, 2.05) is 59.5 Å². The number of hydrogen-bond acceptors (Lipinski definition) is 4. The van der Waals surface area contributed by atoms with Gasteiger partial charge in [-0.25, -0.2) is 0 Å². The Morgan fingerprint density at radius 2 is 1.39 bits per heavy atom. The Labute approximate surface area is 182 Å². The SMILES string of the molecule is C=C/C=C(\OC)N(c1ccccc1)c1ccc(C=C2C(=O)C(C=C)=C(C=C)C2=O)cc1. The van der Waals surface area contributed by atoms with Crippen LogP contribution in [0.3, 0.4) is 0 Å². The lowest BCUT2D eigenvalue weighted by Gasteiger charge is -2.26. The molecule has 0 bridgehead atoms. The second kappa shape index (κ2) is 9.55. The molecule has 2 aromatic rings. The Hall–Kier alpha value is -4.18. The third-order valence-electron chi connectivity index (χ3n) is 4.84. The minimum absolute atomic E-state index is 0.113. The predicted molar refractivity (Wildman–Crippen MR) is 126 cm³/mol. The molecule has 1 aliphatic carbocycles. The van der Waals surface area contributed by atoms with Crippen molar-refractivity contribution in [1.29, 1.82) is 0 Å². The van der Waals surface area contributed by atoms with E-state index in [0.29, 0.717) is 5.88 Å². The van der Waals surface area contributed by atoms with Gasteiger partial charge in [0.15, 0.2) is 17.4 Å². The number of nitrogens with zero attached hydrogens (tertiary/aromatic N) is 1. The van der Waals surface area contributed by atoms with Gasteiger partial charge in [0.1, 0.15) is 0 Å². The van der Waals surface area contributed by atoms with Crippen molar-refractivity contribution in [1.82, 2.24) is 0 Å². The lowest BCUT2D eigenvalue weighted by Crippen LogP contribution is -2.17. The van der Waals surface area contributed by atoms with Crippen molar-refractivity contribution in [3.05, 3.63) is 127 Å². The molecule has 0 saturated carbocycles. The number of hydrogen-bond donors (Lipinski definition) is 0. The van der Waals surface area contributed by atoms with Crippen LogP contribution in [0.2, 0.25) is 0 Å². The number of ether oxygens (including phenoxy) is 1. The molecule has 31 heavy (non-hydrogen) atoms. The number of anilines is 2. The zero-order valence-electron chi connectivity index (χ0n) is 17.4. The molecular weight excluding hydrogens is 386 g/mol. The molecule has 0 heterocycles. The molecule has 0 radical (unpaired) electrons. The van der Waals surface area contributed by atoms with E-state index in [1.54, 1.807) is 25.3 Å². The van der Waals surface area contributed by atoms with E-state index >= 15 is 0 Å². The molecule has 0 atom stereocenters. The van der Waals surface area contributed by atoms with E-state index < -0.39 is 0 Å². The fourth-order valence-corrected chi connectivity index (χ4v) is 3.38. The number of benzene rings is 2. The van der Waals surface area contributed by atoms with Crippen molar-refractivity contribution in [2.24, 2.45) is 0 Å². The van der Waals surface area contributed by atoms with Crippen LogP contribution in [0.25, 0.3) is 6.08 Å². The fraction of sp³-hybridized carbons (Fsp3) is 0.0370. The average Bonchev–Trinajstić information content (AvgIpc) is 3.03. The van der Waals surface area contributed by atoms with Crippen molar-refractivity contribution in [3.63, 3.8) is 0 Å². The first kappa shape index (κ1) is 21.5. The highest BCUT2D eigenvalue weighted by atomic mass is 16.5. The first-order valence-corrected chi connectivity index (χ1v) is 9.67. The summed E-state index contributed by atoms with van der Waals surface area (Å²) in [5.41, 5.74) is 3.19. The monoisotopic (exact) mass is 409 g/mol. The van der Waals surface area contributed by atoms with Crippen LogP contribution in [-0.4, -0.2) is 18.7 Å². The minimum Gasteiger partial charge on any atom is -0.482 e. The van der Waals surface area contributed by atoms with E-state index in [9.17, 15) is 9.59 Å². The second-order valence-electron chi connectivity index (χ2n) is 6.66. The number of rotatable bonds is 8. The summed E-state index contributed by atoms with van der Waals surface area (Å²) in [5, 5.41) is 0. The van der Waals surface area contributed by atoms with Crippen molar-refractivity contribution in [2.45, 2.75) is 0 Å². The molecule has 0 spiro atoms. The number of methoxy groups -OCH3 is 1. The van der Waals surface area contributed by atoms with Gasteiger partial charge in [-0.3, -0.25) is 14.5 Å². The highest BCUT2D eigenvalue weighted by Crippen LogP contribution is 2.32. The van der Waals surface area contributed by atoms with Gasteiger partial charge in [-0.2, -0.15) is 0 Å². The molecule has 0 unspecified atom stereocenters. The van der Waals surface area contributed by atoms with Gasteiger partial charge in [-0.1, -0.05) is 68.3 Å².